The number of hydrogen-bond donors (Lipinski definition) is 4. The predicted molar refractivity (Wildman–Crippen MR) is 203 cm³/mol. The maximum absolute atomic E-state index is 12.1. The number of aromatic amines is 2. The zero-order valence-corrected chi connectivity index (χ0v) is 30.8. The Morgan fingerprint density at radius 1 is 0.633 bits per heavy atom. The van der Waals surface area contributed by atoms with E-state index in [4.69, 9.17) is 9.97 Å². The number of phenolic OH excluding ortho intramolecular Hbond substituents is 2. The maximum atomic E-state index is 12.1. The molecule has 6 nitrogen and oxygen atoms in total. The van der Waals surface area contributed by atoms with E-state index in [0.717, 1.165) is 50.7 Å². The first-order valence-corrected chi connectivity index (χ1v) is 17.6. The average Bonchev–Trinajstić information content (AvgIpc) is 3.65. The van der Waals surface area contributed by atoms with Gasteiger partial charge in [0.1, 0.15) is 23.1 Å². The summed E-state index contributed by atoms with van der Waals surface area (Å²) >= 11 is 0. The highest BCUT2D eigenvalue weighted by Crippen LogP contribution is 2.45. The number of nitrogens with one attached hydrogen (secondary N) is 2. The van der Waals surface area contributed by atoms with E-state index in [0.29, 0.717) is 41.0 Å². The normalized spacial score (nSPS) is 13.5. The van der Waals surface area contributed by atoms with E-state index < -0.39 is 0 Å². The Morgan fingerprint density at radius 2 is 1.08 bits per heavy atom. The summed E-state index contributed by atoms with van der Waals surface area (Å²) in [7, 11) is 0. The summed E-state index contributed by atoms with van der Waals surface area (Å²) in [6.45, 7) is 22.7. The number of benzene rings is 4. The molecule has 0 aliphatic carbocycles. The van der Waals surface area contributed by atoms with Crippen molar-refractivity contribution < 1.29 is 10.2 Å². The number of imidazole rings is 2. The summed E-state index contributed by atoms with van der Waals surface area (Å²) in [4.78, 5) is 16.7. The predicted octanol–water partition coefficient (Wildman–Crippen LogP) is 11.1. The van der Waals surface area contributed by atoms with Crippen molar-refractivity contribution in [3.05, 3.63) is 95.1 Å². The molecule has 0 fully saturated rings. The molecule has 6 aromatic rings. The Labute approximate surface area is 291 Å². The van der Waals surface area contributed by atoms with Gasteiger partial charge < -0.3 is 20.2 Å². The van der Waals surface area contributed by atoms with Crippen molar-refractivity contribution in [2.75, 3.05) is 0 Å². The topological polar surface area (TPSA) is 97.8 Å². The van der Waals surface area contributed by atoms with Gasteiger partial charge in [-0.05, 0) is 93.2 Å². The van der Waals surface area contributed by atoms with Crippen molar-refractivity contribution >= 4 is 22.1 Å². The number of H-pyrrole nitrogens is 2. The van der Waals surface area contributed by atoms with Crippen molar-refractivity contribution in [2.45, 2.75) is 92.9 Å². The van der Waals surface area contributed by atoms with E-state index in [-0.39, 0.29) is 27.7 Å². The maximum Gasteiger partial charge on any atom is 0.142 e. The Hall–Kier alpha value is -4.58. The van der Waals surface area contributed by atoms with Crippen LogP contribution in [0, 0.1) is 17.3 Å². The molecule has 0 radical (unpaired) electrons. The summed E-state index contributed by atoms with van der Waals surface area (Å²) in [5.41, 5.74) is 8.28. The van der Waals surface area contributed by atoms with Crippen LogP contribution in [0.5, 0.6) is 11.5 Å². The van der Waals surface area contributed by atoms with Gasteiger partial charge in [-0.3, -0.25) is 0 Å². The lowest BCUT2D eigenvalue weighted by Crippen LogP contribution is -2.30. The van der Waals surface area contributed by atoms with Crippen molar-refractivity contribution in [2.24, 2.45) is 17.3 Å². The molecule has 1 atom stereocenters. The Kier molecular flexibility index (Phi) is 8.67. The molecule has 256 valence electrons. The van der Waals surface area contributed by atoms with Crippen LogP contribution in [0.15, 0.2) is 72.8 Å². The van der Waals surface area contributed by atoms with Crippen LogP contribution in [-0.2, 0) is 17.3 Å². The molecule has 0 amide bonds. The third kappa shape index (κ3) is 6.70. The lowest BCUT2D eigenvalue weighted by atomic mass is 9.69. The standard InChI is InChI=1S/C43H52N4O2/c1-25(2)26(3)43(9,10)30-21-28(38(49)32(23-30)40-46-35-17-13-14-18-36(35)47-40)19-27-20-29(42(7,8)24-41(4,5)6)22-31(37(27)48)39-44-33-15-11-12-16-34(33)45-39/h11-18,20-23,25-26,48-49H,19,24H2,1-10H3,(H,44,45)(H,46,47). The molecule has 1 unspecified atom stereocenters. The van der Waals surface area contributed by atoms with Gasteiger partial charge in [0.25, 0.3) is 0 Å². The number of aromatic hydroxyl groups is 2. The van der Waals surface area contributed by atoms with E-state index in [9.17, 15) is 10.2 Å². The van der Waals surface area contributed by atoms with E-state index in [1.54, 1.807) is 0 Å². The van der Waals surface area contributed by atoms with E-state index in [1.807, 2.05) is 48.5 Å². The van der Waals surface area contributed by atoms with Crippen molar-refractivity contribution in [3.8, 4) is 34.3 Å². The van der Waals surface area contributed by atoms with Gasteiger partial charge in [-0.1, -0.05) is 106 Å². The molecule has 2 aromatic heterocycles. The largest absolute Gasteiger partial charge is 0.507 e. The van der Waals surface area contributed by atoms with Crippen LogP contribution in [0.4, 0.5) is 0 Å². The lowest BCUT2D eigenvalue weighted by Gasteiger charge is -2.36. The van der Waals surface area contributed by atoms with Crippen LogP contribution in [0.1, 0.15) is 97.9 Å². The second-order valence-corrected chi connectivity index (χ2v) is 16.8. The fraction of sp³-hybridized carbons (Fsp3) is 0.395. The highest BCUT2D eigenvalue weighted by Gasteiger charge is 2.33. The van der Waals surface area contributed by atoms with Gasteiger partial charge in [0, 0.05) is 6.42 Å². The van der Waals surface area contributed by atoms with Crippen LogP contribution in [0.3, 0.4) is 0 Å². The molecule has 0 saturated carbocycles. The zero-order valence-electron chi connectivity index (χ0n) is 30.8. The van der Waals surface area contributed by atoms with Gasteiger partial charge in [0.2, 0.25) is 0 Å². The first-order chi connectivity index (χ1) is 22.9. The number of hydrogen-bond acceptors (Lipinski definition) is 4. The van der Waals surface area contributed by atoms with Crippen molar-refractivity contribution in [3.63, 3.8) is 0 Å². The highest BCUT2D eigenvalue weighted by molar-refractivity contribution is 5.83. The number of aromatic nitrogens is 4. The molecular formula is C43H52N4O2. The fourth-order valence-electron chi connectivity index (χ4n) is 7.67. The lowest BCUT2D eigenvalue weighted by molar-refractivity contribution is 0.263. The number of phenols is 2. The minimum atomic E-state index is -0.199. The number of nitrogens with zero attached hydrogens (tertiary/aromatic N) is 2. The minimum absolute atomic E-state index is 0.0911. The molecule has 2 heterocycles. The van der Waals surface area contributed by atoms with Crippen LogP contribution >= 0.6 is 0 Å². The molecule has 0 saturated heterocycles. The Morgan fingerprint density at radius 3 is 1.53 bits per heavy atom. The molecule has 0 bridgehead atoms. The van der Waals surface area contributed by atoms with Crippen molar-refractivity contribution in [1.82, 2.24) is 19.9 Å². The Balaban J connectivity index is 1.56. The summed E-state index contributed by atoms with van der Waals surface area (Å²) in [5.74, 6) is 2.41. The fourth-order valence-corrected chi connectivity index (χ4v) is 7.67. The summed E-state index contributed by atoms with van der Waals surface area (Å²) in [5, 5.41) is 24.1. The summed E-state index contributed by atoms with van der Waals surface area (Å²) in [6.07, 6.45) is 1.28. The SMILES string of the molecule is CC(C)C(C)C(C)(C)c1cc(Cc2cc(C(C)(C)CC(C)(C)C)cc(-c3nc4ccccc4[nH]3)c2O)c(O)c(-c2nc3ccccc3[nH]2)c1. The summed E-state index contributed by atoms with van der Waals surface area (Å²) < 4.78 is 0. The molecule has 4 N–H and O–H groups in total. The Bertz CT molecular complexity index is 2080. The first-order valence-electron chi connectivity index (χ1n) is 17.6. The van der Waals surface area contributed by atoms with Gasteiger partial charge in [0.05, 0.1) is 33.2 Å². The third-order valence-electron chi connectivity index (χ3n) is 10.7. The molecular weight excluding hydrogens is 604 g/mol. The monoisotopic (exact) mass is 656 g/mol. The van der Waals surface area contributed by atoms with Gasteiger partial charge in [0.15, 0.2) is 0 Å². The van der Waals surface area contributed by atoms with E-state index in [1.165, 1.54) is 0 Å². The highest BCUT2D eigenvalue weighted by atomic mass is 16.3. The van der Waals surface area contributed by atoms with Crippen molar-refractivity contribution in [1.29, 1.82) is 0 Å². The smallest absolute Gasteiger partial charge is 0.142 e. The van der Waals surface area contributed by atoms with Gasteiger partial charge >= 0.3 is 0 Å². The molecule has 4 aromatic carbocycles. The molecule has 6 heteroatoms. The first kappa shape index (κ1) is 34.3. The second-order valence-electron chi connectivity index (χ2n) is 16.8. The number of rotatable bonds is 9. The third-order valence-corrected chi connectivity index (χ3v) is 10.7. The van der Waals surface area contributed by atoms with E-state index >= 15 is 0 Å². The molecule has 0 aliphatic rings. The van der Waals surface area contributed by atoms with E-state index in [2.05, 4.69) is 103 Å². The molecule has 49 heavy (non-hydrogen) atoms. The second kappa shape index (κ2) is 12.4. The van der Waals surface area contributed by atoms with Gasteiger partial charge in [-0.15, -0.1) is 0 Å². The summed E-state index contributed by atoms with van der Waals surface area (Å²) in [6, 6.07) is 24.3. The molecule has 6 rings (SSSR count). The minimum Gasteiger partial charge on any atom is -0.507 e. The van der Waals surface area contributed by atoms with Crippen LogP contribution in [0.2, 0.25) is 0 Å². The van der Waals surface area contributed by atoms with Crippen LogP contribution in [-0.4, -0.2) is 30.1 Å². The number of para-hydroxylation sites is 4. The average molecular weight is 657 g/mol. The van der Waals surface area contributed by atoms with Gasteiger partial charge in [-0.2, -0.15) is 0 Å². The molecule has 0 aliphatic heterocycles. The van der Waals surface area contributed by atoms with Crippen LogP contribution in [0.25, 0.3) is 44.8 Å². The molecule has 0 spiro atoms. The van der Waals surface area contributed by atoms with Gasteiger partial charge in [-0.25, -0.2) is 9.97 Å². The number of fused-ring (bicyclic) bond motifs is 2. The van der Waals surface area contributed by atoms with Crippen LogP contribution < -0.4 is 0 Å². The quantitative estimate of drug-likeness (QED) is 0.124. The zero-order chi connectivity index (χ0) is 35.5.